The van der Waals surface area contributed by atoms with Crippen LogP contribution in [0.3, 0.4) is 0 Å². The number of hydrogen-bond acceptors (Lipinski definition) is 5. The van der Waals surface area contributed by atoms with Gasteiger partial charge in [-0.2, -0.15) is 0 Å². The molecule has 3 fully saturated rings. The number of aromatic nitrogens is 1. The number of hydrogen-bond donors (Lipinski definition) is 1. The third kappa shape index (κ3) is 6.79. The van der Waals surface area contributed by atoms with Crippen molar-refractivity contribution in [2.75, 3.05) is 32.7 Å². The Kier molecular flexibility index (Phi) is 9.08. The van der Waals surface area contributed by atoms with E-state index >= 15 is 0 Å². The highest BCUT2D eigenvalue weighted by Gasteiger charge is 2.41. The first kappa shape index (κ1) is 29.5. The van der Waals surface area contributed by atoms with Crippen molar-refractivity contribution < 1.29 is 14.3 Å². The topological polar surface area (TPSA) is 56.7 Å². The minimum Gasteiger partial charge on any atom is -0.480 e. The Hall–Kier alpha value is -2.61. The molecule has 0 radical (unpaired) electrons. The summed E-state index contributed by atoms with van der Waals surface area (Å²) in [6.45, 7) is 9.14. The van der Waals surface area contributed by atoms with E-state index in [-0.39, 0.29) is 11.9 Å². The van der Waals surface area contributed by atoms with Crippen LogP contribution < -0.4 is 0 Å². The quantitative estimate of drug-likeness (QED) is 0.275. The number of thiazole rings is 1. The molecule has 7 heteroatoms. The van der Waals surface area contributed by atoms with Gasteiger partial charge in [0.05, 0.1) is 10.7 Å². The molecule has 0 amide bonds. The Balaban J connectivity index is 1.10. The van der Waals surface area contributed by atoms with Crippen LogP contribution in [-0.4, -0.2) is 64.6 Å². The van der Waals surface area contributed by atoms with Crippen LogP contribution in [0, 0.1) is 31.5 Å². The number of likely N-dealkylation sites (tertiary alicyclic amines) is 2. The van der Waals surface area contributed by atoms with Crippen molar-refractivity contribution in [1.29, 1.82) is 0 Å². The monoisotopic (exact) mass is 589 g/mol. The lowest BCUT2D eigenvalue weighted by atomic mass is 9.80. The number of aryl methyl sites for hydroxylation is 2. The summed E-state index contributed by atoms with van der Waals surface area (Å²) in [4.78, 5) is 23.6. The zero-order chi connectivity index (χ0) is 29.2. The van der Waals surface area contributed by atoms with Gasteiger partial charge in [0.2, 0.25) is 0 Å². The van der Waals surface area contributed by atoms with Crippen molar-refractivity contribution in [1.82, 2.24) is 14.8 Å². The van der Waals surface area contributed by atoms with Gasteiger partial charge in [-0.15, -0.1) is 11.3 Å². The summed E-state index contributed by atoms with van der Waals surface area (Å²) in [5.74, 6) is 1.06. The molecule has 3 atom stereocenters. The van der Waals surface area contributed by atoms with Crippen molar-refractivity contribution in [3.8, 4) is 0 Å². The van der Waals surface area contributed by atoms with Crippen molar-refractivity contribution in [3.63, 3.8) is 0 Å². The second kappa shape index (κ2) is 12.9. The summed E-state index contributed by atoms with van der Waals surface area (Å²) in [6.07, 6.45) is 7.42. The minimum atomic E-state index is -0.648. The van der Waals surface area contributed by atoms with E-state index in [2.05, 4.69) is 47.9 Å². The van der Waals surface area contributed by atoms with Crippen molar-refractivity contribution >= 4 is 17.3 Å². The molecule has 1 aromatic heterocycles. The fourth-order valence-electron chi connectivity index (χ4n) is 7.48. The molecule has 1 saturated carbocycles. The fraction of sp³-hybridized carbons (Fsp3) is 0.543. The molecule has 224 valence electrons. The number of benzene rings is 2. The van der Waals surface area contributed by atoms with Gasteiger partial charge in [-0.25, -0.2) is 9.37 Å². The Morgan fingerprint density at radius 3 is 2.50 bits per heavy atom. The number of carboxylic acids is 1. The van der Waals surface area contributed by atoms with E-state index in [4.69, 9.17) is 4.98 Å². The maximum atomic E-state index is 13.3. The van der Waals surface area contributed by atoms with E-state index in [1.807, 2.05) is 23.5 Å². The van der Waals surface area contributed by atoms with Crippen molar-refractivity contribution in [2.24, 2.45) is 11.8 Å². The molecule has 42 heavy (non-hydrogen) atoms. The predicted molar refractivity (Wildman–Crippen MR) is 167 cm³/mol. The van der Waals surface area contributed by atoms with Crippen LogP contribution >= 0.6 is 11.3 Å². The Labute approximate surface area is 253 Å². The summed E-state index contributed by atoms with van der Waals surface area (Å²) < 4.78 is 13.3. The molecular weight excluding hydrogens is 545 g/mol. The highest BCUT2D eigenvalue weighted by atomic mass is 32.1. The van der Waals surface area contributed by atoms with Gasteiger partial charge in [-0.1, -0.05) is 61.2 Å². The number of carboxylic acid groups (broad SMARTS) is 1. The van der Waals surface area contributed by atoms with E-state index < -0.39 is 5.97 Å². The SMILES string of the molecule is Cc1cccc(C2CN(C(CC3CCC3)C(=O)O)CC2CN2CCC(c3sc(Cc4ccc(F)cc4)nc3C)CC2)c1. The molecule has 2 aliphatic heterocycles. The van der Waals surface area contributed by atoms with Gasteiger partial charge in [0.1, 0.15) is 11.9 Å². The molecule has 3 aliphatic rings. The smallest absolute Gasteiger partial charge is 0.320 e. The largest absolute Gasteiger partial charge is 0.480 e. The standard InChI is InChI=1S/C35H44FN3O2S/c1-23-5-3-8-28(17-23)31-22-39(32(35(40)41)18-25-6-4-7-25)21-29(31)20-38-15-13-27(14-16-38)34-24(2)37-33(42-34)19-26-9-11-30(36)12-10-26/h3,5,8-12,17,25,27,29,31-32H,4,6-7,13-16,18-22H2,1-2H3,(H,40,41). The number of halogens is 1. The molecule has 0 bridgehead atoms. The second-order valence-corrected chi connectivity index (χ2v) is 14.2. The van der Waals surface area contributed by atoms with Gasteiger partial charge in [-0.05, 0) is 87.2 Å². The number of carbonyl (C=O) groups is 1. The number of piperidine rings is 1. The number of aliphatic carboxylic acids is 1. The summed E-state index contributed by atoms with van der Waals surface area (Å²) in [6, 6.07) is 15.3. The van der Waals surface area contributed by atoms with E-state index in [0.717, 1.165) is 74.7 Å². The molecule has 2 aromatic carbocycles. The van der Waals surface area contributed by atoms with E-state index in [1.165, 1.54) is 47.4 Å². The fourth-order valence-corrected chi connectivity index (χ4v) is 8.75. The Morgan fingerprint density at radius 2 is 1.83 bits per heavy atom. The van der Waals surface area contributed by atoms with Gasteiger partial charge in [0.15, 0.2) is 0 Å². The molecule has 3 aromatic rings. The number of nitrogens with zero attached hydrogens (tertiary/aromatic N) is 3. The lowest BCUT2D eigenvalue weighted by Gasteiger charge is -2.35. The molecule has 1 N–H and O–H groups in total. The van der Waals surface area contributed by atoms with Crippen LogP contribution in [0.15, 0.2) is 48.5 Å². The van der Waals surface area contributed by atoms with Crippen LogP contribution in [-0.2, 0) is 11.2 Å². The van der Waals surface area contributed by atoms with E-state index in [0.29, 0.717) is 23.7 Å². The first-order valence-electron chi connectivity index (χ1n) is 15.8. The first-order valence-corrected chi connectivity index (χ1v) is 16.6. The van der Waals surface area contributed by atoms with E-state index in [9.17, 15) is 14.3 Å². The highest BCUT2D eigenvalue weighted by molar-refractivity contribution is 7.11. The zero-order valence-corrected chi connectivity index (χ0v) is 25.8. The molecular formula is C35H44FN3O2S. The van der Waals surface area contributed by atoms with Gasteiger partial charge >= 0.3 is 5.97 Å². The summed E-state index contributed by atoms with van der Waals surface area (Å²) in [5.41, 5.74) is 4.87. The number of rotatable bonds is 10. The molecule has 3 unspecified atom stereocenters. The van der Waals surface area contributed by atoms with Crippen molar-refractivity contribution in [3.05, 3.63) is 86.6 Å². The second-order valence-electron chi connectivity index (χ2n) is 13.1. The maximum Gasteiger partial charge on any atom is 0.320 e. The Bertz CT molecular complexity index is 1360. The summed E-state index contributed by atoms with van der Waals surface area (Å²) in [7, 11) is 0. The lowest BCUT2D eigenvalue weighted by molar-refractivity contribution is -0.144. The van der Waals surface area contributed by atoms with Gasteiger partial charge in [0.25, 0.3) is 0 Å². The Morgan fingerprint density at radius 1 is 1.07 bits per heavy atom. The van der Waals surface area contributed by atoms with Crippen LogP contribution in [0.2, 0.25) is 0 Å². The third-order valence-corrected chi connectivity index (χ3v) is 11.4. The summed E-state index contributed by atoms with van der Waals surface area (Å²) >= 11 is 1.83. The average molecular weight is 590 g/mol. The lowest BCUT2D eigenvalue weighted by Crippen LogP contribution is -2.43. The van der Waals surface area contributed by atoms with Gasteiger partial charge < -0.3 is 10.0 Å². The minimum absolute atomic E-state index is 0.201. The third-order valence-electron chi connectivity index (χ3n) is 10.0. The highest BCUT2D eigenvalue weighted by Crippen LogP contribution is 2.40. The summed E-state index contributed by atoms with van der Waals surface area (Å²) in [5, 5.41) is 11.3. The molecule has 3 heterocycles. The van der Waals surface area contributed by atoms with Crippen LogP contribution in [0.1, 0.15) is 82.6 Å². The zero-order valence-electron chi connectivity index (χ0n) is 25.0. The average Bonchev–Trinajstić information content (AvgIpc) is 3.52. The molecule has 2 saturated heterocycles. The van der Waals surface area contributed by atoms with E-state index in [1.54, 1.807) is 0 Å². The molecule has 5 nitrogen and oxygen atoms in total. The predicted octanol–water partition coefficient (Wildman–Crippen LogP) is 7.03. The van der Waals surface area contributed by atoms with Crippen LogP contribution in [0.5, 0.6) is 0 Å². The normalized spacial score (nSPS) is 23.2. The van der Waals surface area contributed by atoms with Crippen LogP contribution in [0.4, 0.5) is 4.39 Å². The first-order chi connectivity index (χ1) is 20.3. The van der Waals surface area contributed by atoms with Gasteiger partial charge in [0, 0.05) is 36.9 Å². The molecule has 6 rings (SSSR count). The van der Waals surface area contributed by atoms with Gasteiger partial charge in [-0.3, -0.25) is 9.69 Å². The van der Waals surface area contributed by atoms with Crippen LogP contribution in [0.25, 0.3) is 0 Å². The maximum absolute atomic E-state index is 13.3. The molecule has 1 aliphatic carbocycles. The van der Waals surface area contributed by atoms with Crippen molar-refractivity contribution in [2.45, 2.75) is 76.7 Å². The molecule has 0 spiro atoms.